The van der Waals surface area contributed by atoms with Crippen LogP contribution in [0.1, 0.15) is 28.9 Å². The van der Waals surface area contributed by atoms with Crippen molar-refractivity contribution < 1.29 is 14.7 Å². The number of carbonyl (C=O) groups excluding carboxylic acids is 2. The summed E-state index contributed by atoms with van der Waals surface area (Å²) in [4.78, 5) is 23.7. The molecule has 0 aliphatic heterocycles. The number of rotatable bonds is 5. The first kappa shape index (κ1) is 14.9. The van der Waals surface area contributed by atoms with Gasteiger partial charge in [0.15, 0.2) is 5.78 Å². The highest BCUT2D eigenvalue weighted by Gasteiger charge is 2.26. The predicted octanol–water partition coefficient (Wildman–Crippen LogP) is 2.11. The van der Waals surface area contributed by atoms with Crippen molar-refractivity contribution in [3.8, 4) is 0 Å². The van der Waals surface area contributed by atoms with E-state index in [1.807, 2.05) is 12.1 Å². The minimum atomic E-state index is -1.28. The van der Waals surface area contributed by atoms with E-state index in [0.717, 1.165) is 0 Å². The third-order valence-corrected chi connectivity index (χ3v) is 3.21. The van der Waals surface area contributed by atoms with Gasteiger partial charge in [0.05, 0.1) is 6.04 Å². The van der Waals surface area contributed by atoms with Gasteiger partial charge in [-0.3, -0.25) is 9.59 Å². The van der Waals surface area contributed by atoms with Gasteiger partial charge in [-0.2, -0.15) is 0 Å². The molecule has 2 unspecified atom stereocenters. The second-order valence-electron chi connectivity index (χ2n) is 4.78. The molecule has 2 aromatic carbocycles. The van der Waals surface area contributed by atoms with Crippen molar-refractivity contribution >= 4 is 11.7 Å². The Labute approximate surface area is 123 Å². The lowest BCUT2D eigenvalue weighted by atomic mass is 9.98. The normalized spacial score (nSPS) is 13.2. The zero-order valence-electron chi connectivity index (χ0n) is 11.7. The minimum absolute atomic E-state index is 0.329. The molecule has 2 atom stereocenters. The molecule has 21 heavy (non-hydrogen) atoms. The number of nitrogens with one attached hydrogen (secondary N) is 1. The van der Waals surface area contributed by atoms with Crippen LogP contribution in [0.2, 0.25) is 0 Å². The smallest absolute Gasteiger partial charge is 0.251 e. The molecule has 0 aliphatic rings. The van der Waals surface area contributed by atoms with Gasteiger partial charge < -0.3 is 10.4 Å². The van der Waals surface area contributed by atoms with Crippen LogP contribution in [0.25, 0.3) is 0 Å². The molecule has 0 saturated heterocycles. The van der Waals surface area contributed by atoms with E-state index in [0.29, 0.717) is 11.1 Å². The van der Waals surface area contributed by atoms with Gasteiger partial charge in [-0.1, -0.05) is 48.5 Å². The summed E-state index contributed by atoms with van der Waals surface area (Å²) in [7, 11) is 0. The number of carbonyl (C=O) groups is 2. The fourth-order valence-electron chi connectivity index (χ4n) is 2.05. The third-order valence-electron chi connectivity index (χ3n) is 3.21. The topological polar surface area (TPSA) is 66.4 Å². The summed E-state index contributed by atoms with van der Waals surface area (Å²) in [6, 6.07) is 16.9. The van der Waals surface area contributed by atoms with Crippen molar-refractivity contribution in [2.24, 2.45) is 0 Å². The van der Waals surface area contributed by atoms with Crippen molar-refractivity contribution in [3.05, 3.63) is 71.8 Å². The highest BCUT2D eigenvalue weighted by atomic mass is 16.3. The van der Waals surface area contributed by atoms with Crippen molar-refractivity contribution in [1.29, 1.82) is 0 Å². The van der Waals surface area contributed by atoms with Crippen LogP contribution in [0.15, 0.2) is 60.7 Å². The highest BCUT2D eigenvalue weighted by Crippen LogP contribution is 2.18. The maximum atomic E-state index is 12.2. The zero-order chi connectivity index (χ0) is 15.2. The summed E-state index contributed by atoms with van der Waals surface area (Å²) < 4.78 is 0. The second kappa shape index (κ2) is 6.81. The molecule has 0 bridgehead atoms. The van der Waals surface area contributed by atoms with E-state index in [-0.39, 0.29) is 5.91 Å². The molecule has 4 nitrogen and oxygen atoms in total. The van der Waals surface area contributed by atoms with Gasteiger partial charge in [-0.25, -0.2) is 0 Å². The number of Topliss-reactive ketones (excluding diaryl/α,β-unsaturated/α-hetero) is 1. The summed E-state index contributed by atoms with van der Waals surface area (Å²) >= 11 is 0. The quantitative estimate of drug-likeness (QED) is 0.883. The van der Waals surface area contributed by atoms with E-state index < -0.39 is 17.9 Å². The van der Waals surface area contributed by atoms with Gasteiger partial charge in [0.2, 0.25) is 0 Å². The Balaban J connectivity index is 2.25. The van der Waals surface area contributed by atoms with E-state index in [1.54, 1.807) is 48.5 Å². The van der Waals surface area contributed by atoms with Crippen molar-refractivity contribution in [3.63, 3.8) is 0 Å². The average Bonchev–Trinajstić information content (AvgIpc) is 2.53. The molecule has 0 aromatic heterocycles. The molecule has 0 radical (unpaired) electrons. The van der Waals surface area contributed by atoms with Gasteiger partial charge in [-0.15, -0.1) is 0 Å². The Kier molecular flexibility index (Phi) is 4.85. The van der Waals surface area contributed by atoms with Gasteiger partial charge in [0, 0.05) is 5.56 Å². The zero-order valence-corrected chi connectivity index (χ0v) is 11.7. The predicted molar refractivity (Wildman–Crippen MR) is 79.8 cm³/mol. The number of amides is 1. The van der Waals surface area contributed by atoms with Crippen LogP contribution in [-0.2, 0) is 4.79 Å². The van der Waals surface area contributed by atoms with Crippen LogP contribution in [0, 0.1) is 0 Å². The summed E-state index contributed by atoms with van der Waals surface area (Å²) in [6.07, 6.45) is -1.28. The summed E-state index contributed by atoms with van der Waals surface area (Å²) in [6.45, 7) is 1.30. The van der Waals surface area contributed by atoms with Gasteiger partial charge in [0.25, 0.3) is 5.91 Å². The fourth-order valence-corrected chi connectivity index (χ4v) is 2.05. The van der Waals surface area contributed by atoms with Crippen LogP contribution in [0.5, 0.6) is 0 Å². The number of hydrogen-bond acceptors (Lipinski definition) is 3. The van der Waals surface area contributed by atoms with Crippen LogP contribution >= 0.6 is 0 Å². The van der Waals surface area contributed by atoms with E-state index in [2.05, 4.69) is 5.32 Å². The molecule has 0 fully saturated rings. The molecule has 2 N–H and O–H groups in total. The number of aliphatic hydroxyl groups is 1. The van der Waals surface area contributed by atoms with Gasteiger partial charge in [-0.05, 0) is 24.6 Å². The van der Waals surface area contributed by atoms with E-state index in [1.165, 1.54) is 6.92 Å². The first-order chi connectivity index (χ1) is 10.1. The first-order valence-corrected chi connectivity index (χ1v) is 6.69. The molecule has 2 aromatic rings. The molecule has 0 spiro atoms. The maximum Gasteiger partial charge on any atom is 0.251 e. The molecular formula is C17H17NO3. The van der Waals surface area contributed by atoms with Crippen molar-refractivity contribution in [2.45, 2.75) is 19.1 Å². The summed E-state index contributed by atoms with van der Waals surface area (Å²) in [5.74, 6) is -0.720. The monoisotopic (exact) mass is 283 g/mol. The molecule has 108 valence electrons. The molecule has 0 heterocycles. The lowest BCUT2D eigenvalue weighted by Gasteiger charge is -2.23. The number of benzene rings is 2. The van der Waals surface area contributed by atoms with E-state index in [9.17, 15) is 14.7 Å². The maximum absolute atomic E-state index is 12.2. The van der Waals surface area contributed by atoms with Crippen LogP contribution < -0.4 is 5.32 Å². The Hall–Kier alpha value is -2.46. The Morgan fingerprint density at radius 2 is 1.48 bits per heavy atom. The van der Waals surface area contributed by atoms with Crippen LogP contribution in [-0.4, -0.2) is 22.9 Å². The van der Waals surface area contributed by atoms with Crippen LogP contribution in [0.3, 0.4) is 0 Å². The van der Waals surface area contributed by atoms with Crippen molar-refractivity contribution in [1.82, 2.24) is 5.32 Å². The molecule has 0 aliphatic carbocycles. The van der Waals surface area contributed by atoms with Gasteiger partial charge in [0.1, 0.15) is 6.10 Å². The minimum Gasteiger partial charge on any atom is -0.383 e. The Morgan fingerprint density at radius 3 is 2.00 bits per heavy atom. The lowest BCUT2D eigenvalue weighted by molar-refractivity contribution is -0.126. The molecule has 1 amide bonds. The standard InChI is InChI=1S/C17H17NO3/c1-12(19)16(20)15(13-8-4-2-5-9-13)18-17(21)14-10-6-3-7-11-14/h2-11,15-16,20H,1H3,(H,18,21). The second-order valence-corrected chi connectivity index (χ2v) is 4.78. The Bertz CT molecular complexity index is 610. The summed E-state index contributed by atoms with van der Waals surface area (Å²) in [5.41, 5.74) is 1.17. The van der Waals surface area contributed by atoms with E-state index in [4.69, 9.17) is 0 Å². The number of ketones is 1. The number of hydrogen-bond donors (Lipinski definition) is 2. The number of aliphatic hydroxyl groups excluding tert-OH is 1. The highest BCUT2D eigenvalue weighted by molar-refractivity contribution is 5.95. The molecule has 4 heteroatoms. The SMILES string of the molecule is CC(=O)C(O)C(NC(=O)c1ccccc1)c1ccccc1. The molecule has 2 rings (SSSR count). The van der Waals surface area contributed by atoms with Gasteiger partial charge >= 0.3 is 0 Å². The van der Waals surface area contributed by atoms with Crippen LogP contribution in [0.4, 0.5) is 0 Å². The first-order valence-electron chi connectivity index (χ1n) is 6.69. The summed E-state index contributed by atoms with van der Waals surface area (Å²) in [5, 5.41) is 12.8. The lowest BCUT2D eigenvalue weighted by Crippen LogP contribution is -2.39. The average molecular weight is 283 g/mol. The molecular weight excluding hydrogens is 266 g/mol. The molecule has 0 saturated carbocycles. The third kappa shape index (κ3) is 3.77. The Morgan fingerprint density at radius 1 is 0.952 bits per heavy atom. The largest absolute Gasteiger partial charge is 0.383 e. The van der Waals surface area contributed by atoms with Crippen molar-refractivity contribution in [2.75, 3.05) is 0 Å². The fraction of sp³-hybridized carbons (Fsp3) is 0.176. The van der Waals surface area contributed by atoms with E-state index >= 15 is 0 Å².